The van der Waals surface area contributed by atoms with Crippen molar-refractivity contribution in [1.29, 1.82) is 0 Å². The van der Waals surface area contributed by atoms with Crippen LogP contribution in [0, 0.1) is 0 Å². The molecule has 3 heteroatoms. The molecule has 0 aliphatic heterocycles. The molecule has 1 saturated carbocycles. The normalized spacial score (nSPS) is 15.4. The zero-order chi connectivity index (χ0) is 13.5. The van der Waals surface area contributed by atoms with Gasteiger partial charge in [0.25, 0.3) is 0 Å². The molecule has 1 heterocycles. The predicted octanol–water partition coefficient (Wildman–Crippen LogP) is 4.08. The first-order valence-electron chi connectivity index (χ1n) is 7.15. The first-order chi connectivity index (χ1) is 9.79. The Morgan fingerprint density at radius 1 is 1.00 bits per heavy atom. The highest BCUT2D eigenvalue weighted by molar-refractivity contribution is 5.82. The smallest absolute Gasteiger partial charge is 0.110 e. The van der Waals surface area contributed by atoms with Crippen molar-refractivity contribution in [2.24, 2.45) is 0 Å². The van der Waals surface area contributed by atoms with E-state index in [1.165, 1.54) is 30.4 Å². The van der Waals surface area contributed by atoms with Crippen LogP contribution in [-0.2, 0) is 0 Å². The van der Waals surface area contributed by atoms with E-state index in [1.54, 1.807) is 0 Å². The number of nitrogens with two attached hydrogens (primary N) is 1. The number of H-pyrrole nitrogens is 1. The maximum absolute atomic E-state index is 5.74. The highest BCUT2D eigenvalue weighted by Crippen LogP contribution is 2.36. The standard InChI is InChI=1S/C17H17N3/c18-14-7-4-11(5-8-14)13-6-9-15-16(10-13)20-17(19-15)12-2-1-3-12/h4-10,12H,1-3,18H2,(H,19,20). The van der Waals surface area contributed by atoms with E-state index < -0.39 is 0 Å². The molecular formula is C17H17N3. The summed E-state index contributed by atoms with van der Waals surface area (Å²) in [4.78, 5) is 8.19. The van der Waals surface area contributed by atoms with Crippen LogP contribution in [0.5, 0.6) is 0 Å². The maximum atomic E-state index is 5.74. The van der Waals surface area contributed by atoms with Crippen LogP contribution in [-0.4, -0.2) is 9.97 Å². The molecule has 1 aliphatic carbocycles. The van der Waals surface area contributed by atoms with Gasteiger partial charge in [-0.1, -0.05) is 24.6 Å². The second kappa shape index (κ2) is 4.37. The van der Waals surface area contributed by atoms with E-state index in [9.17, 15) is 0 Å². The third-order valence-electron chi connectivity index (χ3n) is 4.24. The lowest BCUT2D eigenvalue weighted by Gasteiger charge is -2.22. The Hall–Kier alpha value is -2.29. The lowest BCUT2D eigenvalue weighted by Crippen LogP contribution is -2.10. The van der Waals surface area contributed by atoms with E-state index in [0.29, 0.717) is 5.92 Å². The molecule has 0 spiro atoms. The topological polar surface area (TPSA) is 54.7 Å². The van der Waals surface area contributed by atoms with Crippen LogP contribution in [0.25, 0.3) is 22.2 Å². The predicted molar refractivity (Wildman–Crippen MR) is 82.5 cm³/mol. The molecule has 0 unspecified atom stereocenters. The Labute approximate surface area is 117 Å². The lowest BCUT2D eigenvalue weighted by atomic mass is 9.85. The number of hydrogen-bond donors (Lipinski definition) is 2. The molecule has 20 heavy (non-hydrogen) atoms. The van der Waals surface area contributed by atoms with Crippen molar-refractivity contribution in [2.75, 3.05) is 5.73 Å². The first-order valence-corrected chi connectivity index (χ1v) is 7.15. The van der Waals surface area contributed by atoms with Crippen LogP contribution < -0.4 is 5.73 Å². The Kier molecular flexibility index (Phi) is 2.52. The third-order valence-corrected chi connectivity index (χ3v) is 4.24. The van der Waals surface area contributed by atoms with Gasteiger partial charge in [0.2, 0.25) is 0 Å². The highest BCUT2D eigenvalue weighted by Gasteiger charge is 2.22. The average Bonchev–Trinajstić information content (AvgIpc) is 2.79. The molecule has 3 N–H and O–H groups in total. The van der Waals surface area contributed by atoms with Crippen LogP contribution in [0.4, 0.5) is 5.69 Å². The Balaban J connectivity index is 1.75. The van der Waals surface area contributed by atoms with Gasteiger partial charge in [0.15, 0.2) is 0 Å². The number of anilines is 1. The van der Waals surface area contributed by atoms with Crippen LogP contribution in [0.15, 0.2) is 42.5 Å². The minimum absolute atomic E-state index is 0.641. The number of fused-ring (bicyclic) bond motifs is 1. The fourth-order valence-electron chi connectivity index (χ4n) is 2.76. The van der Waals surface area contributed by atoms with E-state index in [0.717, 1.165) is 22.5 Å². The molecule has 0 atom stereocenters. The van der Waals surface area contributed by atoms with E-state index in [-0.39, 0.29) is 0 Å². The first kappa shape index (κ1) is 11.5. The average molecular weight is 263 g/mol. The molecule has 1 aromatic heterocycles. The van der Waals surface area contributed by atoms with E-state index in [2.05, 4.69) is 35.3 Å². The summed E-state index contributed by atoms with van der Waals surface area (Å²) in [5.74, 6) is 1.79. The molecule has 0 bridgehead atoms. The van der Waals surface area contributed by atoms with Crippen molar-refractivity contribution in [1.82, 2.24) is 9.97 Å². The van der Waals surface area contributed by atoms with Crippen LogP contribution in [0.3, 0.4) is 0 Å². The fourth-order valence-corrected chi connectivity index (χ4v) is 2.76. The third kappa shape index (κ3) is 1.86. The summed E-state index contributed by atoms with van der Waals surface area (Å²) in [5.41, 5.74) is 11.1. The summed E-state index contributed by atoms with van der Waals surface area (Å²) in [6, 6.07) is 14.4. The molecular weight excluding hydrogens is 246 g/mol. The Morgan fingerprint density at radius 2 is 1.75 bits per heavy atom. The molecule has 1 aliphatic rings. The second-order valence-corrected chi connectivity index (χ2v) is 5.60. The Morgan fingerprint density at radius 3 is 2.45 bits per heavy atom. The van der Waals surface area contributed by atoms with E-state index >= 15 is 0 Å². The van der Waals surface area contributed by atoms with Gasteiger partial charge in [-0.05, 0) is 48.2 Å². The number of imidazole rings is 1. The molecule has 1 fully saturated rings. The molecule has 3 nitrogen and oxygen atoms in total. The largest absolute Gasteiger partial charge is 0.399 e. The van der Waals surface area contributed by atoms with E-state index in [1.807, 2.05) is 12.1 Å². The van der Waals surface area contributed by atoms with Gasteiger partial charge in [0.1, 0.15) is 5.82 Å². The van der Waals surface area contributed by atoms with Crippen LogP contribution in [0.1, 0.15) is 31.0 Å². The minimum atomic E-state index is 0.641. The van der Waals surface area contributed by atoms with Crippen molar-refractivity contribution in [3.8, 4) is 11.1 Å². The minimum Gasteiger partial charge on any atom is -0.399 e. The Bertz CT molecular complexity index is 752. The molecule has 4 rings (SSSR count). The van der Waals surface area contributed by atoms with Gasteiger partial charge >= 0.3 is 0 Å². The zero-order valence-electron chi connectivity index (χ0n) is 11.3. The monoisotopic (exact) mass is 263 g/mol. The molecule has 100 valence electrons. The lowest BCUT2D eigenvalue weighted by molar-refractivity contribution is 0.405. The van der Waals surface area contributed by atoms with Crippen molar-refractivity contribution in [3.63, 3.8) is 0 Å². The molecule has 2 aromatic carbocycles. The number of rotatable bonds is 2. The number of nitrogens with zero attached hydrogens (tertiary/aromatic N) is 1. The fraction of sp³-hybridized carbons (Fsp3) is 0.235. The van der Waals surface area contributed by atoms with Gasteiger partial charge < -0.3 is 10.7 Å². The summed E-state index contributed by atoms with van der Waals surface area (Å²) in [5, 5.41) is 0. The molecule has 0 radical (unpaired) electrons. The highest BCUT2D eigenvalue weighted by atomic mass is 14.9. The van der Waals surface area contributed by atoms with E-state index in [4.69, 9.17) is 10.7 Å². The van der Waals surface area contributed by atoms with Crippen molar-refractivity contribution in [2.45, 2.75) is 25.2 Å². The summed E-state index contributed by atoms with van der Waals surface area (Å²) >= 11 is 0. The summed E-state index contributed by atoms with van der Waals surface area (Å²) in [6.07, 6.45) is 3.87. The van der Waals surface area contributed by atoms with Gasteiger partial charge in [0.05, 0.1) is 11.0 Å². The maximum Gasteiger partial charge on any atom is 0.110 e. The zero-order valence-corrected chi connectivity index (χ0v) is 11.3. The van der Waals surface area contributed by atoms with Crippen molar-refractivity contribution in [3.05, 3.63) is 48.3 Å². The van der Waals surface area contributed by atoms with Gasteiger partial charge in [-0.25, -0.2) is 4.98 Å². The van der Waals surface area contributed by atoms with Crippen LogP contribution >= 0.6 is 0 Å². The SMILES string of the molecule is Nc1ccc(-c2ccc3nc(C4CCC4)[nH]c3c2)cc1. The van der Waals surface area contributed by atoms with Crippen molar-refractivity contribution < 1.29 is 0 Å². The molecule has 0 saturated heterocycles. The van der Waals surface area contributed by atoms with Gasteiger partial charge in [-0.3, -0.25) is 0 Å². The van der Waals surface area contributed by atoms with Gasteiger partial charge in [-0.15, -0.1) is 0 Å². The quantitative estimate of drug-likeness (QED) is 0.684. The number of aromatic amines is 1. The number of nitrogen functional groups attached to an aromatic ring is 1. The number of benzene rings is 2. The molecule has 3 aromatic rings. The summed E-state index contributed by atoms with van der Waals surface area (Å²) in [7, 11) is 0. The van der Waals surface area contributed by atoms with Gasteiger partial charge in [-0.2, -0.15) is 0 Å². The van der Waals surface area contributed by atoms with Gasteiger partial charge in [0, 0.05) is 11.6 Å². The number of aromatic nitrogens is 2. The van der Waals surface area contributed by atoms with Crippen molar-refractivity contribution >= 4 is 16.7 Å². The van der Waals surface area contributed by atoms with Crippen LogP contribution in [0.2, 0.25) is 0 Å². The number of hydrogen-bond acceptors (Lipinski definition) is 2. The summed E-state index contributed by atoms with van der Waals surface area (Å²) < 4.78 is 0. The summed E-state index contributed by atoms with van der Waals surface area (Å²) in [6.45, 7) is 0. The second-order valence-electron chi connectivity index (χ2n) is 5.60. The molecule has 0 amide bonds. The number of nitrogens with one attached hydrogen (secondary N) is 1.